The summed E-state index contributed by atoms with van der Waals surface area (Å²) in [5.41, 5.74) is 0.619. The summed E-state index contributed by atoms with van der Waals surface area (Å²) in [5, 5.41) is 0. The van der Waals surface area contributed by atoms with E-state index in [-0.39, 0.29) is 0 Å². The Hall–Kier alpha value is -0.960. The molecule has 0 amide bonds. The molecule has 12 heavy (non-hydrogen) atoms. The molecular formula is C9H10F2N. The van der Waals surface area contributed by atoms with Crippen molar-refractivity contribution in [1.82, 2.24) is 4.90 Å². The minimum atomic E-state index is -0.646. The van der Waals surface area contributed by atoms with Gasteiger partial charge in [-0.15, -0.1) is 0 Å². The van der Waals surface area contributed by atoms with Gasteiger partial charge in [0.1, 0.15) is 11.6 Å². The Morgan fingerprint density at radius 3 is 2.17 bits per heavy atom. The molecule has 0 N–H and O–H groups in total. The average Bonchev–Trinajstić information content (AvgIpc) is 1.81. The van der Waals surface area contributed by atoms with Gasteiger partial charge in [-0.2, -0.15) is 0 Å². The fourth-order valence-electron chi connectivity index (χ4n) is 1.01. The van der Waals surface area contributed by atoms with Crippen LogP contribution in [0.15, 0.2) is 12.1 Å². The molecule has 1 rings (SSSR count). The molecule has 0 aromatic heterocycles. The normalized spacial score (nSPS) is 10.8. The smallest absolute Gasteiger partial charge is 0.134 e. The molecule has 3 heteroatoms. The molecule has 1 aromatic carbocycles. The van der Waals surface area contributed by atoms with E-state index in [0.717, 1.165) is 0 Å². The first kappa shape index (κ1) is 9.13. The molecular weight excluding hydrogens is 160 g/mol. The third-order valence-corrected chi connectivity index (χ3v) is 1.36. The van der Waals surface area contributed by atoms with E-state index in [1.165, 1.54) is 12.1 Å². The van der Waals surface area contributed by atoms with E-state index in [1.807, 2.05) is 25.1 Å². The topological polar surface area (TPSA) is 3.24 Å². The molecule has 1 radical (unpaired) electrons. The van der Waals surface area contributed by atoms with Gasteiger partial charge in [-0.1, -0.05) is 0 Å². The monoisotopic (exact) mass is 170 g/mol. The second-order valence-corrected chi connectivity index (χ2v) is 2.92. The highest BCUT2D eigenvalue weighted by Crippen LogP contribution is 2.08. The van der Waals surface area contributed by atoms with Crippen molar-refractivity contribution in [3.8, 4) is 0 Å². The highest BCUT2D eigenvalue weighted by molar-refractivity contribution is 5.16. The van der Waals surface area contributed by atoms with Crippen molar-refractivity contribution in [1.29, 1.82) is 0 Å². The van der Waals surface area contributed by atoms with Crippen LogP contribution in [0.5, 0.6) is 0 Å². The molecule has 0 atom stereocenters. The molecule has 0 aliphatic carbocycles. The third kappa shape index (κ3) is 2.58. The van der Waals surface area contributed by atoms with Crippen LogP contribution in [-0.2, 0) is 6.54 Å². The predicted octanol–water partition coefficient (Wildman–Crippen LogP) is 1.83. The van der Waals surface area contributed by atoms with Gasteiger partial charge in [-0.3, -0.25) is 0 Å². The highest BCUT2D eigenvalue weighted by atomic mass is 19.1. The van der Waals surface area contributed by atoms with Crippen LogP contribution in [0.25, 0.3) is 0 Å². The van der Waals surface area contributed by atoms with E-state index >= 15 is 0 Å². The number of rotatable bonds is 2. The quantitative estimate of drug-likeness (QED) is 0.654. The molecule has 65 valence electrons. The van der Waals surface area contributed by atoms with Crippen molar-refractivity contribution < 1.29 is 8.78 Å². The van der Waals surface area contributed by atoms with E-state index in [2.05, 4.69) is 0 Å². The molecule has 0 aliphatic rings. The molecule has 0 bridgehead atoms. The van der Waals surface area contributed by atoms with Crippen molar-refractivity contribution in [2.75, 3.05) is 14.1 Å². The fraction of sp³-hybridized carbons (Fsp3) is 0.333. The summed E-state index contributed by atoms with van der Waals surface area (Å²) in [5.74, 6) is -1.29. The maximum Gasteiger partial charge on any atom is 0.134 e. The van der Waals surface area contributed by atoms with Gasteiger partial charge in [0, 0.05) is 6.54 Å². The molecule has 0 saturated heterocycles. The van der Waals surface area contributed by atoms with Gasteiger partial charge in [0.05, 0.1) is 6.07 Å². The van der Waals surface area contributed by atoms with Crippen molar-refractivity contribution in [3.05, 3.63) is 35.4 Å². The van der Waals surface area contributed by atoms with Gasteiger partial charge in [0.2, 0.25) is 0 Å². The molecule has 0 fully saturated rings. The van der Waals surface area contributed by atoms with Crippen LogP contribution in [0.3, 0.4) is 0 Å². The van der Waals surface area contributed by atoms with E-state index in [1.54, 1.807) is 0 Å². The number of benzene rings is 1. The Morgan fingerprint density at radius 2 is 1.75 bits per heavy atom. The maximum atomic E-state index is 12.6. The summed E-state index contributed by atoms with van der Waals surface area (Å²) in [6, 6.07) is 4.49. The van der Waals surface area contributed by atoms with Crippen molar-refractivity contribution in [2.45, 2.75) is 6.54 Å². The Balaban J connectivity index is 2.85. The second-order valence-electron chi connectivity index (χ2n) is 2.92. The number of hydrogen-bond acceptors (Lipinski definition) is 1. The van der Waals surface area contributed by atoms with Crippen LogP contribution in [0.1, 0.15) is 5.56 Å². The summed E-state index contributed by atoms with van der Waals surface area (Å²) >= 11 is 0. The van der Waals surface area contributed by atoms with Crippen LogP contribution in [0.2, 0.25) is 0 Å². The van der Waals surface area contributed by atoms with Gasteiger partial charge >= 0.3 is 0 Å². The molecule has 0 saturated carbocycles. The number of hydrogen-bond donors (Lipinski definition) is 0. The van der Waals surface area contributed by atoms with Gasteiger partial charge in [-0.25, -0.2) is 8.78 Å². The molecule has 1 nitrogen and oxygen atoms in total. The van der Waals surface area contributed by atoms with Crippen molar-refractivity contribution >= 4 is 0 Å². The Labute approximate surface area is 70.6 Å². The molecule has 1 aromatic rings. The summed E-state index contributed by atoms with van der Waals surface area (Å²) in [6.45, 7) is 0.530. The van der Waals surface area contributed by atoms with Crippen LogP contribution in [-0.4, -0.2) is 19.0 Å². The first-order valence-electron chi connectivity index (χ1n) is 3.60. The molecule has 0 unspecified atom stereocenters. The Kier molecular flexibility index (Phi) is 2.76. The Bertz CT molecular complexity index is 251. The minimum Gasteiger partial charge on any atom is -0.305 e. The lowest BCUT2D eigenvalue weighted by Gasteiger charge is -2.08. The zero-order chi connectivity index (χ0) is 9.14. The molecule has 0 spiro atoms. The van der Waals surface area contributed by atoms with Gasteiger partial charge < -0.3 is 4.90 Å². The largest absolute Gasteiger partial charge is 0.305 e. The van der Waals surface area contributed by atoms with Gasteiger partial charge in [0.15, 0.2) is 0 Å². The van der Waals surface area contributed by atoms with Crippen LogP contribution < -0.4 is 0 Å². The summed E-state index contributed by atoms with van der Waals surface area (Å²) in [4.78, 5) is 1.84. The first-order valence-corrected chi connectivity index (χ1v) is 3.60. The number of halogens is 2. The third-order valence-electron chi connectivity index (χ3n) is 1.36. The van der Waals surface area contributed by atoms with E-state index in [9.17, 15) is 8.78 Å². The zero-order valence-corrected chi connectivity index (χ0v) is 7.06. The standard InChI is InChI=1S/C9H10F2N/c1-12(2)6-7-3-8(10)5-9(11)4-7/h3-4H,6H2,1-2H3. The first-order chi connectivity index (χ1) is 5.58. The van der Waals surface area contributed by atoms with Crippen molar-refractivity contribution in [2.24, 2.45) is 0 Å². The van der Waals surface area contributed by atoms with Gasteiger partial charge in [-0.05, 0) is 31.8 Å². The lowest BCUT2D eigenvalue weighted by atomic mass is 10.2. The average molecular weight is 170 g/mol. The predicted molar refractivity (Wildman–Crippen MR) is 42.6 cm³/mol. The lowest BCUT2D eigenvalue weighted by molar-refractivity contribution is 0.400. The zero-order valence-electron chi connectivity index (χ0n) is 7.06. The van der Waals surface area contributed by atoms with E-state index in [4.69, 9.17) is 0 Å². The van der Waals surface area contributed by atoms with Crippen LogP contribution >= 0.6 is 0 Å². The Morgan fingerprint density at radius 1 is 1.25 bits per heavy atom. The fourth-order valence-corrected chi connectivity index (χ4v) is 1.01. The molecule has 0 aliphatic heterocycles. The van der Waals surface area contributed by atoms with Crippen molar-refractivity contribution in [3.63, 3.8) is 0 Å². The van der Waals surface area contributed by atoms with Gasteiger partial charge in [0.25, 0.3) is 0 Å². The van der Waals surface area contributed by atoms with Crippen LogP contribution in [0.4, 0.5) is 8.78 Å². The molecule has 0 heterocycles. The van der Waals surface area contributed by atoms with Crippen LogP contribution in [0, 0.1) is 17.7 Å². The lowest BCUT2D eigenvalue weighted by Crippen LogP contribution is -2.10. The summed E-state index contributed by atoms with van der Waals surface area (Å²) < 4.78 is 25.1. The van der Waals surface area contributed by atoms with E-state index < -0.39 is 11.6 Å². The minimum absolute atomic E-state index is 0.530. The maximum absolute atomic E-state index is 12.6. The second kappa shape index (κ2) is 3.63. The SMILES string of the molecule is CN(C)Cc1cc(F)[c]c(F)c1. The summed E-state index contributed by atoms with van der Waals surface area (Å²) in [6.07, 6.45) is 0. The highest BCUT2D eigenvalue weighted by Gasteiger charge is 2.01. The summed E-state index contributed by atoms with van der Waals surface area (Å²) in [7, 11) is 3.68. The number of nitrogens with zero attached hydrogens (tertiary/aromatic N) is 1. The van der Waals surface area contributed by atoms with E-state index in [0.29, 0.717) is 12.1 Å².